The van der Waals surface area contributed by atoms with E-state index < -0.39 is 40.5 Å². The molecule has 0 heterocycles. The summed E-state index contributed by atoms with van der Waals surface area (Å²) < 4.78 is 84.4. The Morgan fingerprint density at radius 1 is 0.625 bits per heavy atom. The van der Waals surface area contributed by atoms with Gasteiger partial charge < -0.3 is 0 Å². The van der Waals surface area contributed by atoms with Crippen molar-refractivity contribution < 1.29 is 35.5 Å². The summed E-state index contributed by atoms with van der Waals surface area (Å²) in [6.07, 6.45) is -1.44. The van der Waals surface area contributed by atoms with Gasteiger partial charge in [0, 0.05) is 6.42 Å². The summed E-state index contributed by atoms with van der Waals surface area (Å²) in [6.45, 7) is -0.0627. The molecule has 0 aliphatic rings. The molecule has 3 nitrogen and oxygen atoms in total. The molecule has 0 amide bonds. The minimum absolute atomic E-state index is 0.0627. The number of rotatable bonds is 14. The van der Waals surface area contributed by atoms with Crippen molar-refractivity contribution in [1.82, 2.24) is 0 Å². The zero-order valence-corrected chi connectivity index (χ0v) is 14.5. The molecule has 0 unspecified atom stereocenters. The van der Waals surface area contributed by atoms with Gasteiger partial charge in [0.2, 0.25) is 0 Å². The first kappa shape index (κ1) is 23.6. The van der Waals surface area contributed by atoms with E-state index in [-0.39, 0.29) is 12.4 Å². The van der Waals surface area contributed by atoms with Crippen molar-refractivity contribution in [3.8, 4) is 0 Å². The topological polar surface area (TPSA) is 54.0 Å². The van der Waals surface area contributed by atoms with Crippen LogP contribution in [0.3, 0.4) is 0 Å². The van der Waals surface area contributed by atoms with E-state index in [1.54, 1.807) is 0 Å². The van der Waals surface area contributed by atoms with Crippen LogP contribution >= 0.6 is 0 Å². The molecular formula is C15H26F5O3S. The fourth-order valence-electron chi connectivity index (χ4n) is 2.24. The van der Waals surface area contributed by atoms with Crippen LogP contribution in [0.15, 0.2) is 0 Å². The first-order valence-electron chi connectivity index (χ1n) is 8.25. The van der Waals surface area contributed by atoms with Gasteiger partial charge in [-0.1, -0.05) is 38.5 Å². The number of hydrogen-bond donors (Lipinski definition) is 0. The minimum atomic E-state index is -5.63. The van der Waals surface area contributed by atoms with Crippen molar-refractivity contribution in [2.45, 2.75) is 76.3 Å². The summed E-state index contributed by atoms with van der Waals surface area (Å²) in [5.41, 5.74) is 0. The van der Waals surface area contributed by atoms with Crippen LogP contribution in [0.2, 0.25) is 0 Å². The fraction of sp³-hybridized carbons (Fsp3) is 1.00. The summed E-state index contributed by atoms with van der Waals surface area (Å²) in [5, 5.41) is 10.2. The smallest absolute Gasteiger partial charge is 0.237 e. The van der Waals surface area contributed by atoms with Crippen LogP contribution in [-0.2, 0) is 14.9 Å². The Hall–Kier alpha value is -0.440. The molecule has 0 aromatic rings. The standard InChI is InChI=1S/C15H26F5O3S/c16-14(17,15(18,19)20)10-9-13-24(22,23)12-8-6-4-2-1-3-5-7-11-21/h1-13H2. The molecule has 0 N–H and O–H groups in total. The van der Waals surface area contributed by atoms with Crippen molar-refractivity contribution in [2.75, 3.05) is 18.1 Å². The van der Waals surface area contributed by atoms with Crippen LogP contribution in [0.1, 0.15) is 64.2 Å². The second-order valence-electron chi connectivity index (χ2n) is 5.99. The quantitative estimate of drug-likeness (QED) is 0.316. The van der Waals surface area contributed by atoms with E-state index in [4.69, 9.17) is 0 Å². The van der Waals surface area contributed by atoms with Gasteiger partial charge in [0.05, 0.1) is 18.1 Å². The van der Waals surface area contributed by atoms with Gasteiger partial charge in [-0.3, -0.25) is 0 Å². The van der Waals surface area contributed by atoms with E-state index in [2.05, 4.69) is 0 Å². The second-order valence-corrected chi connectivity index (χ2v) is 8.29. The molecule has 0 atom stereocenters. The first-order chi connectivity index (χ1) is 11.0. The van der Waals surface area contributed by atoms with Crippen LogP contribution < -0.4 is 0 Å². The van der Waals surface area contributed by atoms with Gasteiger partial charge in [-0.2, -0.15) is 22.0 Å². The van der Waals surface area contributed by atoms with Gasteiger partial charge >= 0.3 is 12.1 Å². The minimum Gasteiger partial charge on any atom is -0.237 e. The lowest BCUT2D eigenvalue weighted by Gasteiger charge is -2.19. The number of unbranched alkanes of at least 4 members (excludes halogenated alkanes) is 7. The average molecular weight is 381 g/mol. The first-order valence-corrected chi connectivity index (χ1v) is 10.1. The van der Waals surface area contributed by atoms with E-state index >= 15 is 0 Å². The number of halogens is 5. The largest absolute Gasteiger partial charge is 0.453 e. The van der Waals surface area contributed by atoms with Gasteiger partial charge in [-0.25, -0.2) is 13.5 Å². The Bertz CT molecular complexity index is 421. The molecule has 24 heavy (non-hydrogen) atoms. The second kappa shape index (κ2) is 11.2. The van der Waals surface area contributed by atoms with Crippen LogP contribution in [0.4, 0.5) is 22.0 Å². The Labute approximate surface area is 140 Å². The molecule has 145 valence electrons. The van der Waals surface area contributed by atoms with Gasteiger partial charge in [0.25, 0.3) is 0 Å². The van der Waals surface area contributed by atoms with E-state index in [9.17, 15) is 35.5 Å². The zero-order chi connectivity index (χ0) is 18.7. The number of hydrogen-bond acceptors (Lipinski definition) is 2. The van der Waals surface area contributed by atoms with E-state index in [1.165, 1.54) is 0 Å². The predicted octanol–water partition coefficient (Wildman–Crippen LogP) is 4.93. The molecule has 0 spiro atoms. The summed E-state index contributed by atoms with van der Waals surface area (Å²) in [4.78, 5) is 0. The summed E-state index contributed by atoms with van der Waals surface area (Å²) >= 11 is 0. The molecule has 0 aliphatic carbocycles. The van der Waals surface area contributed by atoms with Crippen LogP contribution in [0.5, 0.6) is 0 Å². The highest BCUT2D eigenvalue weighted by Crippen LogP contribution is 2.38. The highest BCUT2D eigenvalue weighted by molar-refractivity contribution is 7.91. The molecule has 0 aliphatic heterocycles. The molecule has 0 saturated carbocycles. The lowest BCUT2D eigenvalue weighted by atomic mass is 10.1. The molecule has 1 radical (unpaired) electrons. The predicted molar refractivity (Wildman–Crippen MR) is 81.4 cm³/mol. The Morgan fingerprint density at radius 2 is 1.04 bits per heavy atom. The molecule has 0 rings (SSSR count). The van der Waals surface area contributed by atoms with Crippen molar-refractivity contribution in [3.05, 3.63) is 0 Å². The third-order valence-corrected chi connectivity index (χ3v) is 5.53. The third kappa shape index (κ3) is 11.2. The Kier molecular flexibility index (Phi) is 11.0. The fourth-order valence-corrected chi connectivity index (χ4v) is 3.67. The van der Waals surface area contributed by atoms with E-state index in [0.717, 1.165) is 32.1 Å². The lowest BCUT2D eigenvalue weighted by Crippen LogP contribution is -2.36. The summed E-state index contributed by atoms with van der Waals surface area (Å²) in [6, 6.07) is 0. The van der Waals surface area contributed by atoms with E-state index in [0.29, 0.717) is 19.3 Å². The molecule has 0 aromatic heterocycles. The molecule has 0 saturated heterocycles. The normalized spacial score (nSPS) is 13.4. The molecular weight excluding hydrogens is 355 g/mol. The average Bonchev–Trinajstić information content (AvgIpc) is 2.44. The maximum Gasteiger partial charge on any atom is 0.453 e. The van der Waals surface area contributed by atoms with Crippen molar-refractivity contribution in [1.29, 1.82) is 0 Å². The maximum atomic E-state index is 12.7. The highest BCUT2D eigenvalue weighted by Gasteiger charge is 2.56. The molecule has 0 fully saturated rings. The van der Waals surface area contributed by atoms with E-state index in [1.807, 2.05) is 0 Å². The Morgan fingerprint density at radius 3 is 1.50 bits per heavy atom. The number of alkyl halides is 5. The Balaban J connectivity index is 3.77. The number of sulfone groups is 1. The van der Waals surface area contributed by atoms with Crippen molar-refractivity contribution in [3.63, 3.8) is 0 Å². The summed E-state index contributed by atoms with van der Waals surface area (Å²) in [7, 11) is -3.59. The van der Waals surface area contributed by atoms with Gasteiger partial charge in [0.15, 0.2) is 0 Å². The summed E-state index contributed by atoms with van der Waals surface area (Å²) in [5.74, 6) is -5.66. The lowest BCUT2D eigenvalue weighted by molar-refractivity contribution is -0.284. The van der Waals surface area contributed by atoms with Crippen molar-refractivity contribution in [2.24, 2.45) is 0 Å². The van der Waals surface area contributed by atoms with Crippen LogP contribution in [-0.4, -0.2) is 38.6 Å². The van der Waals surface area contributed by atoms with Crippen molar-refractivity contribution >= 4 is 9.84 Å². The highest BCUT2D eigenvalue weighted by atomic mass is 32.2. The maximum absolute atomic E-state index is 12.7. The van der Waals surface area contributed by atoms with Gasteiger partial charge in [-0.05, 0) is 19.3 Å². The molecule has 9 heteroatoms. The van der Waals surface area contributed by atoms with Crippen LogP contribution in [0, 0.1) is 0 Å². The zero-order valence-electron chi connectivity index (χ0n) is 13.7. The monoisotopic (exact) mass is 381 g/mol. The SMILES string of the molecule is [O]CCCCCCCCCCS(=O)(=O)CCCC(F)(F)C(F)(F)F. The third-order valence-electron chi connectivity index (χ3n) is 3.71. The molecule has 0 bridgehead atoms. The molecule has 0 aromatic carbocycles. The van der Waals surface area contributed by atoms with Gasteiger partial charge in [-0.15, -0.1) is 0 Å². The van der Waals surface area contributed by atoms with Crippen LogP contribution in [0.25, 0.3) is 0 Å². The van der Waals surface area contributed by atoms with Gasteiger partial charge in [0.1, 0.15) is 9.84 Å².